The fraction of sp³-hybridized carbons (Fsp3) is 0.462. The lowest BCUT2D eigenvalue weighted by Gasteiger charge is -2.21. The molecule has 0 saturated heterocycles. The summed E-state index contributed by atoms with van der Waals surface area (Å²) in [7, 11) is 0. The van der Waals surface area contributed by atoms with Crippen LogP contribution in [0.3, 0.4) is 0 Å². The van der Waals surface area contributed by atoms with Crippen LogP contribution in [-0.2, 0) is 4.79 Å². The molecule has 0 unspecified atom stereocenters. The minimum Gasteiger partial charge on any atom is -0.492 e. The van der Waals surface area contributed by atoms with Gasteiger partial charge in [-0.05, 0) is 32.9 Å². The molecule has 1 atom stereocenters. The summed E-state index contributed by atoms with van der Waals surface area (Å²) in [6, 6.07) is 5.39. The summed E-state index contributed by atoms with van der Waals surface area (Å²) < 4.78 is 6.48. The van der Waals surface area contributed by atoms with Crippen molar-refractivity contribution >= 4 is 21.9 Å². The smallest absolute Gasteiger partial charge is 0.312 e. The number of benzene rings is 1. The summed E-state index contributed by atoms with van der Waals surface area (Å²) in [5, 5.41) is 9.04. The van der Waals surface area contributed by atoms with E-state index in [1.54, 1.807) is 19.9 Å². The molecule has 0 bridgehead atoms. The molecule has 18 heavy (non-hydrogen) atoms. The lowest BCUT2D eigenvalue weighted by molar-refractivity contribution is -0.148. The number of nitrogens with two attached hydrogens (primary N) is 1. The lowest BCUT2D eigenvalue weighted by Crippen LogP contribution is -2.31. The highest BCUT2D eigenvalue weighted by Gasteiger charge is 2.28. The van der Waals surface area contributed by atoms with Crippen LogP contribution >= 0.6 is 15.9 Å². The molecule has 0 aromatic heterocycles. The second-order valence-corrected chi connectivity index (χ2v) is 5.86. The molecule has 0 fully saturated rings. The van der Waals surface area contributed by atoms with E-state index in [-0.39, 0.29) is 12.6 Å². The van der Waals surface area contributed by atoms with E-state index in [1.807, 2.05) is 19.1 Å². The first-order chi connectivity index (χ1) is 8.24. The monoisotopic (exact) mass is 315 g/mol. The fourth-order valence-corrected chi connectivity index (χ4v) is 1.67. The van der Waals surface area contributed by atoms with Crippen LogP contribution in [0, 0.1) is 5.41 Å². The number of halogens is 1. The Kier molecular flexibility index (Phi) is 4.76. The van der Waals surface area contributed by atoms with Crippen molar-refractivity contribution in [3.05, 3.63) is 28.2 Å². The van der Waals surface area contributed by atoms with Crippen LogP contribution in [0.1, 0.15) is 32.4 Å². The molecule has 0 heterocycles. The van der Waals surface area contributed by atoms with Gasteiger partial charge in [0.25, 0.3) is 0 Å². The average Bonchev–Trinajstić information content (AvgIpc) is 2.26. The highest BCUT2D eigenvalue weighted by atomic mass is 79.9. The number of carbonyl (C=O) groups is 1. The first-order valence-corrected chi connectivity index (χ1v) is 6.44. The summed E-state index contributed by atoms with van der Waals surface area (Å²) in [6.07, 6.45) is 0. The van der Waals surface area contributed by atoms with Gasteiger partial charge in [0.2, 0.25) is 0 Å². The van der Waals surface area contributed by atoms with Crippen LogP contribution in [0.25, 0.3) is 0 Å². The zero-order valence-corrected chi connectivity index (χ0v) is 12.3. The van der Waals surface area contributed by atoms with Gasteiger partial charge in [-0.3, -0.25) is 4.79 Å². The van der Waals surface area contributed by atoms with Crippen molar-refractivity contribution in [1.29, 1.82) is 0 Å². The molecular weight excluding hydrogens is 298 g/mol. The number of aliphatic carboxylic acids is 1. The number of hydrogen-bond acceptors (Lipinski definition) is 3. The molecule has 0 aliphatic heterocycles. The van der Waals surface area contributed by atoms with Crippen molar-refractivity contribution in [1.82, 2.24) is 0 Å². The highest BCUT2D eigenvalue weighted by molar-refractivity contribution is 9.10. The maximum Gasteiger partial charge on any atom is 0.312 e. The standard InChI is InChI=1S/C13H18BrNO3/c1-8(15)10-5-4-9(14)6-11(10)18-7-13(2,3)12(16)17/h4-6,8H,7,15H2,1-3H3,(H,16,17)/t8-/m0/s1. The number of carboxylic acid groups (broad SMARTS) is 1. The molecule has 1 aromatic carbocycles. The third-order valence-corrected chi connectivity index (χ3v) is 3.13. The van der Waals surface area contributed by atoms with Gasteiger partial charge >= 0.3 is 5.97 Å². The minimum absolute atomic E-state index is 0.0957. The van der Waals surface area contributed by atoms with Crippen LogP contribution in [0.2, 0.25) is 0 Å². The maximum atomic E-state index is 11.0. The van der Waals surface area contributed by atoms with Gasteiger partial charge < -0.3 is 15.6 Å². The van der Waals surface area contributed by atoms with Gasteiger partial charge in [-0.15, -0.1) is 0 Å². The van der Waals surface area contributed by atoms with Crippen LogP contribution < -0.4 is 10.5 Å². The Bertz CT molecular complexity index is 444. The second-order valence-electron chi connectivity index (χ2n) is 4.95. The third-order valence-electron chi connectivity index (χ3n) is 2.63. The Morgan fingerprint density at radius 1 is 1.56 bits per heavy atom. The largest absolute Gasteiger partial charge is 0.492 e. The Labute approximate surface area is 115 Å². The number of rotatable bonds is 5. The molecule has 5 heteroatoms. The molecule has 4 nitrogen and oxygen atoms in total. The first kappa shape index (κ1) is 15.0. The molecule has 3 N–H and O–H groups in total. The first-order valence-electron chi connectivity index (χ1n) is 5.65. The van der Waals surface area contributed by atoms with Crippen molar-refractivity contribution in [2.75, 3.05) is 6.61 Å². The van der Waals surface area contributed by atoms with E-state index < -0.39 is 11.4 Å². The van der Waals surface area contributed by atoms with Gasteiger partial charge in [-0.2, -0.15) is 0 Å². The summed E-state index contributed by atoms with van der Waals surface area (Å²) in [4.78, 5) is 11.0. The highest BCUT2D eigenvalue weighted by Crippen LogP contribution is 2.29. The van der Waals surface area contributed by atoms with Crippen molar-refractivity contribution in [3.8, 4) is 5.75 Å². The van der Waals surface area contributed by atoms with Crippen LogP contribution in [0.15, 0.2) is 22.7 Å². The van der Waals surface area contributed by atoms with Gasteiger partial charge in [-0.25, -0.2) is 0 Å². The van der Waals surface area contributed by atoms with Gasteiger partial charge in [0.15, 0.2) is 0 Å². The molecule has 100 valence electrons. The topological polar surface area (TPSA) is 72.5 Å². The Morgan fingerprint density at radius 2 is 2.17 bits per heavy atom. The van der Waals surface area contributed by atoms with E-state index in [1.165, 1.54) is 0 Å². The van der Waals surface area contributed by atoms with E-state index in [0.29, 0.717) is 5.75 Å². The minimum atomic E-state index is -0.933. The van der Waals surface area contributed by atoms with Gasteiger partial charge in [0.1, 0.15) is 12.4 Å². The molecule has 0 amide bonds. The number of carboxylic acids is 1. The zero-order valence-electron chi connectivity index (χ0n) is 10.7. The van der Waals surface area contributed by atoms with Crippen LogP contribution in [-0.4, -0.2) is 17.7 Å². The van der Waals surface area contributed by atoms with Gasteiger partial charge in [0, 0.05) is 16.1 Å². The van der Waals surface area contributed by atoms with Crippen molar-refractivity contribution < 1.29 is 14.6 Å². The van der Waals surface area contributed by atoms with Crippen molar-refractivity contribution in [2.24, 2.45) is 11.1 Å². The predicted octanol–water partition coefficient (Wildman–Crippen LogP) is 2.96. The van der Waals surface area contributed by atoms with Crippen LogP contribution in [0.5, 0.6) is 5.75 Å². The molecule has 0 radical (unpaired) electrons. The normalized spacial score (nSPS) is 13.2. The van der Waals surface area contributed by atoms with E-state index in [2.05, 4.69) is 15.9 Å². The fourth-order valence-electron chi connectivity index (χ4n) is 1.33. The Hall–Kier alpha value is -1.07. The van der Waals surface area contributed by atoms with Crippen molar-refractivity contribution in [3.63, 3.8) is 0 Å². The molecule has 1 rings (SSSR count). The SMILES string of the molecule is C[C@H](N)c1ccc(Br)cc1OCC(C)(C)C(=O)O. The summed E-state index contributed by atoms with van der Waals surface area (Å²) in [6.45, 7) is 5.20. The summed E-state index contributed by atoms with van der Waals surface area (Å²) in [5.74, 6) is -0.270. The summed E-state index contributed by atoms with van der Waals surface area (Å²) >= 11 is 3.36. The van der Waals surface area contributed by atoms with Gasteiger partial charge in [0.05, 0.1) is 5.41 Å². The molecule has 0 spiro atoms. The Morgan fingerprint density at radius 3 is 2.67 bits per heavy atom. The number of hydrogen-bond donors (Lipinski definition) is 2. The lowest BCUT2D eigenvalue weighted by atomic mass is 9.95. The molecular formula is C13H18BrNO3. The van der Waals surface area contributed by atoms with E-state index >= 15 is 0 Å². The van der Waals surface area contributed by atoms with E-state index in [4.69, 9.17) is 15.6 Å². The maximum absolute atomic E-state index is 11.0. The quantitative estimate of drug-likeness (QED) is 0.876. The van der Waals surface area contributed by atoms with E-state index in [0.717, 1.165) is 10.0 Å². The molecule has 0 saturated carbocycles. The number of ether oxygens (including phenoxy) is 1. The van der Waals surface area contributed by atoms with Gasteiger partial charge in [-0.1, -0.05) is 22.0 Å². The predicted molar refractivity (Wildman–Crippen MR) is 73.7 cm³/mol. The zero-order chi connectivity index (χ0) is 13.9. The van der Waals surface area contributed by atoms with Crippen LogP contribution in [0.4, 0.5) is 0 Å². The van der Waals surface area contributed by atoms with Crippen molar-refractivity contribution in [2.45, 2.75) is 26.8 Å². The Balaban J connectivity index is 2.90. The van der Waals surface area contributed by atoms with E-state index in [9.17, 15) is 4.79 Å². The third kappa shape index (κ3) is 3.71. The molecule has 0 aliphatic rings. The molecule has 1 aromatic rings. The summed E-state index contributed by atoms with van der Waals surface area (Å²) in [5.41, 5.74) is 5.78. The average molecular weight is 316 g/mol. The second kappa shape index (κ2) is 5.71. The molecule has 0 aliphatic carbocycles.